The highest BCUT2D eigenvalue weighted by Gasteiger charge is 1.97. The van der Waals surface area contributed by atoms with E-state index in [1.807, 2.05) is 25.2 Å². The van der Waals surface area contributed by atoms with Gasteiger partial charge in [0, 0.05) is 12.2 Å². The van der Waals surface area contributed by atoms with Crippen molar-refractivity contribution in [3.8, 4) is 12.3 Å². The fourth-order valence-corrected chi connectivity index (χ4v) is 1.30. The zero-order valence-corrected chi connectivity index (χ0v) is 8.53. The van der Waals surface area contributed by atoms with Gasteiger partial charge in [0.1, 0.15) is 0 Å². The SMILES string of the molecule is C#CCN(C)CCc1cccc(N)c1. The molecule has 1 aromatic carbocycles. The van der Waals surface area contributed by atoms with E-state index in [0.717, 1.165) is 18.7 Å². The van der Waals surface area contributed by atoms with Gasteiger partial charge in [0.15, 0.2) is 0 Å². The lowest BCUT2D eigenvalue weighted by atomic mass is 10.1. The molecule has 1 rings (SSSR count). The largest absolute Gasteiger partial charge is 0.399 e. The standard InChI is InChI=1S/C12H16N2/c1-3-8-14(2)9-7-11-5-4-6-12(13)10-11/h1,4-6,10H,7-9,13H2,2H3. The van der Waals surface area contributed by atoms with Crippen molar-refractivity contribution in [3.63, 3.8) is 0 Å². The first kappa shape index (κ1) is 10.6. The normalized spacial score (nSPS) is 10.1. The fraction of sp³-hybridized carbons (Fsp3) is 0.333. The van der Waals surface area contributed by atoms with Gasteiger partial charge >= 0.3 is 0 Å². The molecule has 2 nitrogen and oxygen atoms in total. The lowest BCUT2D eigenvalue weighted by molar-refractivity contribution is 0.381. The van der Waals surface area contributed by atoms with Crippen molar-refractivity contribution < 1.29 is 0 Å². The lowest BCUT2D eigenvalue weighted by Crippen LogP contribution is -2.21. The minimum atomic E-state index is 0.697. The fourth-order valence-electron chi connectivity index (χ4n) is 1.30. The molecule has 0 unspecified atom stereocenters. The molecule has 0 atom stereocenters. The van der Waals surface area contributed by atoms with E-state index < -0.39 is 0 Å². The summed E-state index contributed by atoms with van der Waals surface area (Å²) >= 11 is 0. The minimum absolute atomic E-state index is 0.697. The van der Waals surface area contributed by atoms with Crippen molar-refractivity contribution in [2.45, 2.75) is 6.42 Å². The van der Waals surface area contributed by atoms with Crippen molar-refractivity contribution in [1.29, 1.82) is 0 Å². The molecule has 74 valence electrons. The van der Waals surface area contributed by atoms with E-state index >= 15 is 0 Å². The topological polar surface area (TPSA) is 29.3 Å². The molecular formula is C12H16N2. The molecule has 0 aliphatic heterocycles. The predicted molar refractivity (Wildman–Crippen MR) is 60.9 cm³/mol. The Balaban J connectivity index is 2.42. The van der Waals surface area contributed by atoms with Gasteiger partial charge < -0.3 is 5.73 Å². The van der Waals surface area contributed by atoms with Gasteiger partial charge in [0.05, 0.1) is 6.54 Å². The van der Waals surface area contributed by atoms with Crippen LogP contribution in [0.25, 0.3) is 0 Å². The first-order chi connectivity index (χ1) is 6.72. The molecule has 0 aliphatic carbocycles. The zero-order valence-electron chi connectivity index (χ0n) is 8.53. The number of terminal acetylenes is 1. The minimum Gasteiger partial charge on any atom is -0.399 e. The van der Waals surface area contributed by atoms with Gasteiger partial charge in [0.2, 0.25) is 0 Å². The van der Waals surface area contributed by atoms with Crippen LogP contribution in [0.4, 0.5) is 5.69 Å². The number of benzene rings is 1. The number of nitrogens with two attached hydrogens (primary N) is 1. The molecule has 0 saturated carbocycles. The number of hydrogen-bond acceptors (Lipinski definition) is 2. The highest BCUT2D eigenvalue weighted by molar-refractivity contribution is 5.40. The van der Waals surface area contributed by atoms with E-state index in [0.29, 0.717) is 6.54 Å². The molecule has 2 N–H and O–H groups in total. The van der Waals surface area contributed by atoms with Gasteiger partial charge in [-0.05, 0) is 31.2 Å². The Bertz CT molecular complexity index is 325. The zero-order chi connectivity index (χ0) is 10.4. The second-order valence-electron chi connectivity index (χ2n) is 3.44. The summed E-state index contributed by atoms with van der Waals surface area (Å²) in [7, 11) is 2.02. The second-order valence-corrected chi connectivity index (χ2v) is 3.44. The molecule has 0 heterocycles. The van der Waals surface area contributed by atoms with Crippen LogP contribution < -0.4 is 5.73 Å². The van der Waals surface area contributed by atoms with Crippen molar-refractivity contribution in [2.24, 2.45) is 0 Å². The first-order valence-corrected chi connectivity index (χ1v) is 4.69. The van der Waals surface area contributed by atoms with Gasteiger partial charge in [-0.15, -0.1) is 6.42 Å². The van der Waals surface area contributed by atoms with Crippen LogP contribution in [0.2, 0.25) is 0 Å². The molecule has 1 aromatic rings. The molecule has 0 bridgehead atoms. The van der Waals surface area contributed by atoms with Gasteiger partial charge in [-0.1, -0.05) is 18.1 Å². The first-order valence-electron chi connectivity index (χ1n) is 4.69. The van der Waals surface area contributed by atoms with Crippen molar-refractivity contribution in [1.82, 2.24) is 4.90 Å². The third-order valence-corrected chi connectivity index (χ3v) is 2.09. The highest BCUT2D eigenvalue weighted by atomic mass is 15.1. The van der Waals surface area contributed by atoms with E-state index in [1.54, 1.807) is 0 Å². The van der Waals surface area contributed by atoms with E-state index in [1.165, 1.54) is 5.56 Å². The Morgan fingerprint density at radius 2 is 2.29 bits per heavy atom. The second kappa shape index (κ2) is 5.31. The molecular weight excluding hydrogens is 172 g/mol. The molecule has 0 aliphatic rings. The van der Waals surface area contributed by atoms with Gasteiger partial charge in [-0.2, -0.15) is 0 Å². The van der Waals surface area contributed by atoms with Crippen LogP contribution in [0.3, 0.4) is 0 Å². The molecule has 0 radical (unpaired) electrons. The molecule has 0 spiro atoms. The van der Waals surface area contributed by atoms with Crippen LogP contribution in [-0.4, -0.2) is 25.0 Å². The number of anilines is 1. The third kappa shape index (κ3) is 3.51. The van der Waals surface area contributed by atoms with Crippen LogP contribution >= 0.6 is 0 Å². The van der Waals surface area contributed by atoms with E-state index in [2.05, 4.69) is 16.9 Å². The highest BCUT2D eigenvalue weighted by Crippen LogP contribution is 2.07. The number of rotatable bonds is 4. The third-order valence-electron chi connectivity index (χ3n) is 2.09. The van der Waals surface area contributed by atoms with Crippen LogP contribution in [0.15, 0.2) is 24.3 Å². The van der Waals surface area contributed by atoms with Gasteiger partial charge in [-0.25, -0.2) is 0 Å². The molecule has 0 saturated heterocycles. The van der Waals surface area contributed by atoms with E-state index in [-0.39, 0.29) is 0 Å². The maximum Gasteiger partial charge on any atom is 0.0596 e. The molecule has 2 heteroatoms. The van der Waals surface area contributed by atoms with Crippen LogP contribution in [0.5, 0.6) is 0 Å². The quantitative estimate of drug-likeness (QED) is 0.571. The van der Waals surface area contributed by atoms with Crippen molar-refractivity contribution in [3.05, 3.63) is 29.8 Å². The smallest absolute Gasteiger partial charge is 0.0596 e. The summed E-state index contributed by atoms with van der Waals surface area (Å²) in [6.07, 6.45) is 6.20. The summed E-state index contributed by atoms with van der Waals surface area (Å²) in [6, 6.07) is 7.96. The number of likely N-dealkylation sites (N-methyl/N-ethyl adjacent to an activating group) is 1. The summed E-state index contributed by atoms with van der Waals surface area (Å²) < 4.78 is 0. The summed E-state index contributed by atoms with van der Waals surface area (Å²) in [5.41, 5.74) is 7.76. The molecule has 0 aromatic heterocycles. The Labute approximate surface area is 85.7 Å². The molecule has 14 heavy (non-hydrogen) atoms. The Hall–Kier alpha value is -1.46. The van der Waals surface area contributed by atoms with E-state index in [4.69, 9.17) is 12.2 Å². The summed E-state index contributed by atoms with van der Waals surface area (Å²) in [4.78, 5) is 2.11. The summed E-state index contributed by atoms with van der Waals surface area (Å²) in [5.74, 6) is 2.62. The van der Waals surface area contributed by atoms with Crippen molar-refractivity contribution >= 4 is 5.69 Å². The number of hydrogen-bond donors (Lipinski definition) is 1. The van der Waals surface area contributed by atoms with Crippen LogP contribution in [0.1, 0.15) is 5.56 Å². The van der Waals surface area contributed by atoms with Gasteiger partial charge in [-0.3, -0.25) is 4.90 Å². The van der Waals surface area contributed by atoms with Gasteiger partial charge in [0.25, 0.3) is 0 Å². The van der Waals surface area contributed by atoms with Crippen LogP contribution in [0, 0.1) is 12.3 Å². The number of nitrogen functional groups attached to an aromatic ring is 1. The average Bonchev–Trinajstić information content (AvgIpc) is 2.15. The predicted octanol–water partition coefficient (Wildman–Crippen LogP) is 1.38. The maximum atomic E-state index is 5.68. The maximum absolute atomic E-state index is 5.68. The van der Waals surface area contributed by atoms with Crippen LogP contribution in [-0.2, 0) is 6.42 Å². The Kier molecular flexibility index (Phi) is 4.03. The summed E-state index contributed by atoms with van der Waals surface area (Å²) in [6.45, 7) is 1.66. The van der Waals surface area contributed by atoms with Crippen molar-refractivity contribution in [2.75, 3.05) is 25.9 Å². The Morgan fingerprint density at radius 1 is 1.50 bits per heavy atom. The number of nitrogens with zero attached hydrogens (tertiary/aromatic N) is 1. The Morgan fingerprint density at radius 3 is 2.93 bits per heavy atom. The molecule has 0 amide bonds. The van der Waals surface area contributed by atoms with E-state index in [9.17, 15) is 0 Å². The summed E-state index contributed by atoms with van der Waals surface area (Å²) in [5, 5.41) is 0. The molecule has 0 fully saturated rings. The average molecular weight is 188 g/mol. The lowest BCUT2D eigenvalue weighted by Gasteiger charge is -2.12. The monoisotopic (exact) mass is 188 g/mol.